The highest BCUT2D eigenvalue weighted by molar-refractivity contribution is 6.05. The predicted octanol–water partition coefficient (Wildman–Crippen LogP) is 3.82. The average molecular weight is 434 g/mol. The quantitative estimate of drug-likeness (QED) is 0.491. The number of rotatable bonds is 6. The largest absolute Gasteiger partial charge is 0.508 e. The Balaban J connectivity index is 1.67. The van der Waals surface area contributed by atoms with E-state index in [4.69, 9.17) is 24.1 Å². The molecule has 8 heteroatoms. The van der Waals surface area contributed by atoms with Crippen molar-refractivity contribution in [3.63, 3.8) is 0 Å². The van der Waals surface area contributed by atoms with Crippen molar-refractivity contribution in [3.8, 4) is 17.1 Å². The molecule has 1 aliphatic heterocycles. The second-order valence-electron chi connectivity index (χ2n) is 7.92. The molecule has 8 nitrogen and oxygen atoms in total. The maximum Gasteiger partial charge on any atom is 0.229 e. The molecule has 1 aliphatic rings. The topological polar surface area (TPSA) is 87.8 Å². The minimum absolute atomic E-state index is 0.180. The minimum atomic E-state index is 0.180. The van der Waals surface area contributed by atoms with E-state index in [0.29, 0.717) is 30.3 Å². The van der Waals surface area contributed by atoms with Gasteiger partial charge in [0, 0.05) is 25.2 Å². The zero-order valence-corrected chi connectivity index (χ0v) is 18.4. The third-order valence-electron chi connectivity index (χ3n) is 5.91. The first-order valence-electron chi connectivity index (χ1n) is 11.1. The van der Waals surface area contributed by atoms with Crippen molar-refractivity contribution in [2.45, 2.75) is 20.4 Å². The van der Waals surface area contributed by atoms with Crippen molar-refractivity contribution >= 4 is 28.0 Å². The van der Waals surface area contributed by atoms with Crippen LogP contribution in [0.2, 0.25) is 0 Å². The number of nitrogens with zero attached hydrogens (tertiary/aromatic N) is 5. The fraction of sp³-hybridized carbons (Fsp3) is 0.375. The van der Waals surface area contributed by atoms with Crippen LogP contribution in [0.5, 0.6) is 5.75 Å². The first kappa shape index (κ1) is 20.7. The highest BCUT2D eigenvalue weighted by Crippen LogP contribution is 2.35. The second kappa shape index (κ2) is 8.72. The molecule has 0 aliphatic carbocycles. The summed E-state index contributed by atoms with van der Waals surface area (Å²) in [5, 5.41) is 10.8. The summed E-state index contributed by atoms with van der Waals surface area (Å²) >= 11 is 0. The molecule has 0 amide bonds. The Morgan fingerprint density at radius 3 is 2.59 bits per heavy atom. The lowest BCUT2D eigenvalue weighted by Crippen LogP contribution is -2.37. The number of phenolic OH excluding ortho intramolecular Hbond substituents is 1. The van der Waals surface area contributed by atoms with Crippen molar-refractivity contribution in [1.82, 2.24) is 19.9 Å². The number of hydrogen-bond acceptors (Lipinski definition) is 8. The number of ether oxygens (including phenoxy) is 1. The predicted molar refractivity (Wildman–Crippen MR) is 124 cm³/mol. The molecule has 0 unspecified atom stereocenters. The van der Waals surface area contributed by atoms with E-state index >= 15 is 0 Å². The highest BCUT2D eigenvalue weighted by atomic mass is 16.5. The van der Waals surface area contributed by atoms with Gasteiger partial charge in [-0.05, 0) is 37.4 Å². The Hall–Kier alpha value is -3.23. The monoisotopic (exact) mass is 433 g/mol. The summed E-state index contributed by atoms with van der Waals surface area (Å²) in [4.78, 5) is 18.9. The first-order chi connectivity index (χ1) is 15.7. The number of aromatic nitrogens is 3. The average Bonchev–Trinajstić information content (AvgIpc) is 3.20. The molecular weight excluding hydrogens is 406 g/mol. The number of morpholine rings is 1. The summed E-state index contributed by atoms with van der Waals surface area (Å²) in [7, 11) is 0. The van der Waals surface area contributed by atoms with Crippen LogP contribution in [-0.4, -0.2) is 64.4 Å². The molecule has 0 spiro atoms. The van der Waals surface area contributed by atoms with E-state index in [1.165, 1.54) is 0 Å². The normalized spacial score (nSPS) is 14.7. The van der Waals surface area contributed by atoms with Gasteiger partial charge in [0.1, 0.15) is 11.3 Å². The van der Waals surface area contributed by atoms with Crippen molar-refractivity contribution in [1.29, 1.82) is 0 Å². The Bertz CT molecular complexity index is 1250. The van der Waals surface area contributed by atoms with Gasteiger partial charge in [0.15, 0.2) is 17.2 Å². The zero-order chi connectivity index (χ0) is 22.1. The van der Waals surface area contributed by atoms with Gasteiger partial charge in [-0.25, -0.2) is 15.0 Å². The summed E-state index contributed by atoms with van der Waals surface area (Å²) in [6.07, 6.45) is 0. The molecule has 1 saturated heterocycles. The molecule has 4 aromatic rings. The lowest BCUT2D eigenvalue weighted by atomic mass is 10.2. The summed E-state index contributed by atoms with van der Waals surface area (Å²) in [6.45, 7) is 9.74. The van der Waals surface area contributed by atoms with Crippen LogP contribution in [0.1, 0.15) is 19.5 Å². The van der Waals surface area contributed by atoms with Gasteiger partial charge in [-0.2, -0.15) is 0 Å². The molecule has 4 heterocycles. The fourth-order valence-corrected chi connectivity index (χ4v) is 4.08. The Morgan fingerprint density at radius 1 is 1.03 bits per heavy atom. The number of benzene rings is 1. The Kier molecular flexibility index (Phi) is 5.63. The van der Waals surface area contributed by atoms with Gasteiger partial charge >= 0.3 is 0 Å². The van der Waals surface area contributed by atoms with Crippen molar-refractivity contribution < 1.29 is 14.3 Å². The molecule has 3 aromatic heterocycles. The third-order valence-corrected chi connectivity index (χ3v) is 5.91. The van der Waals surface area contributed by atoms with Crippen LogP contribution in [-0.2, 0) is 11.3 Å². The number of hydrogen-bond donors (Lipinski definition) is 1. The Morgan fingerprint density at radius 2 is 1.84 bits per heavy atom. The number of fused-ring (bicyclic) bond motifs is 3. The van der Waals surface area contributed by atoms with Crippen LogP contribution in [0.15, 0.2) is 40.8 Å². The Labute approximate surface area is 186 Å². The van der Waals surface area contributed by atoms with Crippen LogP contribution < -0.4 is 4.90 Å². The van der Waals surface area contributed by atoms with E-state index in [9.17, 15) is 5.11 Å². The van der Waals surface area contributed by atoms with Gasteiger partial charge in [-0.15, -0.1) is 0 Å². The highest BCUT2D eigenvalue weighted by Gasteiger charge is 2.23. The number of phenols is 1. The minimum Gasteiger partial charge on any atom is -0.508 e. The molecule has 166 valence electrons. The summed E-state index contributed by atoms with van der Waals surface area (Å²) < 4.78 is 11.8. The maximum absolute atomic E-state index is 9.97. The molecule has 1 fully saturated rings. The van der Waals surface area contributed by atoms with E-state index < -0.39 is 0 Å². The number of aromatic hydroxyl groups is 1. The summed E-state index contributed by atoms with van der Waals surface area (Å²) in [6, 6.07) is 11.1. The zero-order valence-electron chi connectivity index (χ0n) is 18.4. The number of anilines is 1. The van der Waals surface area contributed by atoms with Crippen LogP contribution in [0, 0.1) is 0 Å². The molecule has 32 heavy (non-hydrogen) atoms. The van der Waals surface area contributed by atoms with Gasteiger partial charge in [-0.1, -0.05) is 26.0 Å². The molecule has 5 rings (SSSR count). The molecule has 0 saturated carbocycles. The van der Waals surface area contributed by atoms with Gasteiger partial charge in [0.05, 0.1) is 24.3 Å². The van der Waals surface area contributed by atoms with E-state index in [1.807, 2.05) is 18.2 Å². The molecular formula is C24H27N5O3. The summed E-state index contributed by atoms with van der Waals surface area (Å²) in [5.74, 6) is 1.46. The van der Waals surface area contributed by atoms with Gasteiger partial charge < -0.3 is 19.2 Å². The summed E-state index contributed by atoms with van der Waals surface area (Å²) in [5.41, 5.74) is 3.66. The van der Waals surface area contributed by atoms with Gasteiger partial charge in [-0.3, -0.25) is 4.90 Å². The van der Waals surface area contributed by atoms with E-state index in [2.05, 4.69) is 23.6 Å². The molecule has 0 atom stereocenters. The molecule has 1 N–H and O–H groups in total. The number of furan rings is 1. The van der Waals surface area contributed by atoms with Crippen LogP contribution in [0.3, 0.4) is 0 Å². The number of pyridine rings is 1. The van der Waals surface area contributed by atoms with Gasteiger partial charge in [0.25, 0.3) is 0 Å². The third kappa shape index (κ3) is 3.87. The maximum atomic E-state index is 9.97. The van der Waals surface area contributed by atoms with Crippen molar-refractivity contribution in [3.05, 3.63) is 42.1 Å². The van der Waals surface area contributed by atoms with Crippen molar-refractivity contribution in [2.24, 2.45) is 0 Å². The van der Waals surface area contributed by atoms with E-state index in [1.54, 1.807) is 18.2 Å². The van der Waals surface area contributed by atoms with Gasteiger partial charge in [0.2, 0.25) is 5.71 Å². The second-order valence-corrected chi connectivity index (χ2v) is 7.92. The van der Waals surface area contributed by atoms with Crippen LogP contribution >= 0.6 is 0 Å². The SMILES string of the molecule is CCN(CC)Cc1ccc2c(n1)oc1c(N3CCOCC3)nc(-c3cccc(O)c3)nc12. The lowest BCUT2D eigenvalue weighted by Gasteiger charge is -2.27. The van der Waals surface area contributed by atoms with E-state index in [0.717, 1.165) is 60.7 Å². The van der Waals surface area contributed by atoms with Crippen LogP contribution in [0.4, 0.5) is 5.82 Å². The lowest BCUT2D eigenvalue weighted by molar-refractivity contribution is 0.122. The molecule has 1 aromatic carbocycles. The van der Waals surface area contributed by atoms with E-state index in [-0.39, 0.29) is 5.75 Å². The van der Waals surface area contributed by atoms with Crippen LogP contribution in [0.25, 0.3) is 33.6 Å². The fourth-order valence-electron chi connectivity index (χ4n) is 4.08. The molecule has 0 bridgehead atoms. The van der Waals surface area contributed by atoms with Crippen molar-refractivity contribution in [2.75, 3.05) is 44.3 Å². The smallest absolute Gasteiger partial charge is 0.229 e. The first-order valence-corrected chi connectivity index (χ1v) is 11.1. The molecule has 0 radical (unpaired) electrons. The standard InChI is InChI=1S/C24H27N5O3/c1-3-28(4-2)15-17-8-9-19-20-21(32-24(19)25-17)23(29-10-12-31-13-11-29)27-22(26-20)16-6-5-7-18(30)14-16/h5-9,14,30H,3-4,10-13,15H2,1-2H3.